The maximum Gasteiger partial charge on any atom is 0.252 e. The van der Waals surface area contributed by atoms with Gasteiger partial charge in [0, 0.05) is 18.8 Å². The third-order valence-corrected chi connectivity index (χ3v) is 4.18. The number of rotatable bonds is 4. The van der Waals surface area contributed by atoms with Gasteiger partial charge >= 0.3 is 0 Å². The molecule has 0 bridgehead atoms. The molecule has 0 radical (unpaired) electrons. The summed E-state index contributed by atoms with van der Waals surface area (Å²) in [7, 11) is 1.87. The lowest BCUT2D eigenvalue weighted by atomic mass is 10.0. The zero-order valence-corrected chi connectivity index (χ0v) is 14.6. The molecule has 2 rings (SSSR count). The lowest BCUT2D eigenvalue weighted by Gasteiger charge is -2.18. The van der Waals surface area contributed by atoms with Crippen molar-refractivity contribution in [3.8, 4) is 0 Å². The minimum Gasteiger partial charge on any atom is -0.349 e. The van der Waals surface area contributed by atoms with Crippen molar-refractivity contribution < 1.29 is 4.79 Å². The van der Waals surface area contributed by atoms with Crippen LogP contribution in [-0.2, 0) is 7.05 Å². The molecule has 5 heteroatoms. The Morgan fingerprint density at radius 1 is 1.23 bits per heavy atom. The summed E-state index contributed by atoms with van der Waals surface area (Å²) in [6, 6.07) is 2.03. The van der Waals surface area contributed by atoms with Gasteiger partial charge in [0.2, 0.25) is 0 Å². The molecule has 0 aromatic carbocycles. The topological polar surface area (TPSA) is 59.8 Å². The van der Waals surface area contributed by atoms with Crippen LogP contribution >= 0.6 is 0 Å². The van der Waals surface area contributed by atoms with Crippen molar-refractivity contribution in [2.24, 2.45) is 13.0 Å². The second-order valence-corrected chi connectivity index (χ2v) is 6.66. The summed E-state index contributed by atoms with van der Waals surface area (Å²) in [5, 5.41) is 8.36. The average Bonchev–Trinajstić information content (AvgIpc) is 2.72. The molecule has 0 spiro atoms. The van der Waals surface area contributed by atoms with E-state index in [2.05, 4.69) is 43.1 Å². The van der Waals surface area contributed by atoms with Gasteiger partial charge < -0.3 is 5.32 Å². The van der Waals surface area contributed by atoms with Crippen LogP contribution in [0, 0.1) is 12.8 Å². The van der Waals surface area contributed by atoms with E-state index in [0.29, 0.717) is 11.5 Å². The Kier molecular flexibility index (Phi) is 4.54. The van der Waals surface area contributed by atoms with Gasteiger partial charge in [-0.05, 0) is 31.7 Å². The Morgan fingerprint density at radius 3 is 2.41 bits per heavy atom. The van der Waals surface area contributed by atoms with Crippen molar-refractivity contribution in [2.75, 3.05) is 0 Å². The molecule has 0 aliphatic heterocycles. The van der Waals surface area contributed by atoms with Gasteiger partial charge in [0.25, 0.3) is 5.91 Å². The van der Waals surface area contributed by atoms with E-state index >= 15 is 0 Å². The highest BCUT2D eigenvalue weighted by Crippen LogP contribution is 2.25. The van der Waals surface area contributed by atoms with E-state index in [4.69, 9.17) is 0 Å². The van der Waals surface area contributed by atoms with Crippen LogP contribution < -0.4 is 5.32 Å². The van der Waals surface area contributed by atoms with Crippen LogP contribution in [0.25, 0.3) is 11.0 Å². The third-order valence-electron chi connectivity index (χ3n) is 4.18. The molecule has 5 nitrogen and oxygen atoms in total. The minimum atomic E-state index is -0.0494. The Bertz CT molecular complexity index is 700. The second-order valence-electron chi connectivity index (χ2n) is 6.66. The van der Waals surface area contributed by atoms with E-state index in [0.717, 1.165) is 22.4 Å². The minimum absolute atomic E-state index is 0.0494. The molecule has 2 heterocycles. The van der Waals surface area contributed by atoms with E-state index in [9.17, 15) is 4.79 Å². The summed E-state index contributed by atoms with van der Waals surface area (Å²) in [5.74, 6) is 0.598. The summed E-state index contributed by atoms with van der Waals surface area (Å²) >= 11 is 0. The van der Waals surface area contributed by atoms with Crippen LogP contribution in [0.2, 0.25) is 0 Å². The summed E-state index contributed by atoms with van der Waals surface area (Å²) in [4.78, 5) is 17.4. The van der Waals surface area contributed by atoms with E-state index in [-0.39, 0.29) is 17.9 Å². The molecule has 1 atom stereocenters. The molecule has 0 aliphatic carbocycles. The fourth-order valence-electron chi connectivity index (χ4n) is 2.39. The van der Waals surface area contributed by atoms with Gasteiger partial charge in [-0.3, -0.25) is 9.48 Å². The number of nitrogens with one attached hydrogen (secondary N) is 1. The van der Waals surface area contributed by atoms with E-state index in [1.165, 1.54) is 0 Å². The quantitative estimate of drug-likeness (QED) is 0.943. The lowest BCUT2D eigenvalue weighted by Crippen LogP contribution is -2.36. The number of pyridine rings is 1. The second kappa shape index (κ2) is 6.07. The van der Waals surface area contributed by atoms with Crippen LogP contribution in [0.5, 0.6) is 0 Å². The number of carbonyl (C=O) groups is 1. The van der Waals surface area contributed by atoms with Crippen LogP contribution in [0.1, 0.15) is 62.3 Å². The van der Waals surface area contributed by atoms with Gasteiger partial charge in [-0.2, -0.15) is 5.10 Å². The van der Waals surface area contributed by atoms with Crippen molar-refractivity contribution in [1.29, 1.82) is 0 Å². The zero-order chi connectivity index (χ0) is 16.6. The van der Waals surface area contributed by atoms with Gasteiger partial charge in [-0.25, -0.2) is 4.98 Å². The number of aryl methyl sites for hydroxylation is 2. The summed E-state index contributed by atoms with van der Waals surface area (Å²) < 4.78 is 1.75. The first-order chi connectivity index (χ1) is 10.2. The molecular formula is C17H26N4O. The van der Waals surface area contributed by atoms with Gasteiger partial charge in [0.15, 0.2) is 5.65 Å². The molecule has 0 fully saturated rings. The Hall–Kier alpha value is -1.91. The Balaban J connectivity index is 2.58. The van der Waals surface area contributed by atoms with Crippen LogP contribution in [0.4, 0.5) is 0 Å². The van der Waals surface area contributed by atoms with Crippen LogP contribution in [0.15, 0.2) is 6.07 Å². The molecule has 22 heavy (non-hydrogen) atoms. The van der Waals surface area contributed by atoms with E-state index in [1.807, 2.05) is 27.0 Å². The number of nitrogens with zero attached hydrogens (tertiary/aromatic N) is 3. The van der Waals surface area contributed by atoms with Gasteiger partial charge in [0.05, 0.1) is 16.6 Å². The summed E-state index contributed by atoms with van der Waals surface area (Å²) in [6.07, 6.45) is 0. The predicted octanol–water partition coefficient (Wildman–Crippen LogP) is 3.17. The number of aromatic nitrogens is 3. The van der Waals surface area contributed by atoms with Crippen molar-refractivity contribution in [2.45, 2.75) is 53.5 Å². The maximum atomic E-state index is 12.7. The van der Waals surface area contributed by atoms with Crippen molar-refractivity contribution in [1.82, 2.24) is 20.1 Å². The largest absolute Gasteiger partial charge is 0.349 e. The van der Waals surface area contributed by atoms with Gasteiger partial charge in [-0.1, -0.05) is 27.7 Å². The molecule has 120 valence electrons. The highest BCUT2D eigenvalue weighted by molar-refractivity contribution is 6.06. The van der Waals surface area contributed by atoms with Crippen molar-refractivity contribution in [3.63, 3.8) is 0 Å². The smallest absolute Gasteiger partial charge is 0.252 e. The average molecular weight is 302 g/mol. The first-order valence-electron chi connectivity index (χ1n) is 7.87. The van der Waals surface area contributed by atoms with Gasteiger partial charge in [0.1, 0.15) is 0 Å². The van der Waals surface area contributed by atoms with Gasteiger partial charge in [-0.15, -0.1) is 0 Å². The maximum absolute atomic E-state index is 12.7. The number of hydrogen-bond donors (Lipinski definition) is 1. The lowest BCUT2D eigenvalue weighted by molar-refractivity contribution is 0.0932. The predicted molar refractivity (Wildman–Crippen MR) is 89.1 cm³/mol. The Labute approximate surface area is 132 Å². The molecule has 1 N–H and O–H groups in total. The number of hydrogen-bond acceptors (Lipinski definition) is 3. The number of amides is 1. The fourth-order valence-corrected chi connectivity index (χ4v) is 2.39. The van der Waals surface area contributed by atoms with E-state index in [1.54, 1.807) is 4.68 Å². The monoisotopic (exact) mass is 302 g/mol. The molecule has 0 saturated carbocycles. The normalized spacial score (nSPS) is 13.1. The molecule has 1 amide bonds. The Morgan fingerprint density at radius 2 is 1.86 bits per heavy atom. The molecular weight excluding hydrogens is 276 g/mol. The SMILES string of the molecule is Cc1nn(C)c2nc(C(C)C)cc(C(=O)N[C@H](C)C(C)C)c12. The molecule has 2 aromatic heterocycles. The third kappa shape index (κ3) is 2.98. The summed E-state index contributed by atoms with van der Waals surface area (Å²) in [6.45, 7) is 12.3. The first kappa shape index (κ1) is 16.5. The number of carbonyl (C=O) groups excluding carboxylic acids is 1. The zero-order valence-electron chi connectivity index (χ0n) is 14.6. The van der Waals surface area contributed by atoms with Crippen molar-refractivity contribution >= 4 is 16.9 Å². The standard InChI is InChI=1S/C17H26N4O/c1-9(2)11(5)18-17(22)13-8-14(10(3)4)19-16-15(13)12(6)20-21(16)7/h8-11H,1-7H3,(H,18,22)/t11-/m1/s1. The molecule has 0 aliphatic rings. The fraction of sp³-hybridized carbons (Fsp3) is 0.588. The highest BCUT2D eigenvalue weighted by Gasteiger charge is 2.21. The van der Waals surface area contributed by atoms with Crippen LogP contribution in [-0.4, -0.2) is 26.7 Å². The highest BCUT2D eigenvalue weighted by atomic mass is 16.1. The van der Waals surface area contributed by atoms with Crippen LogP contribution in [0.3, 0.4) is 0 Å². The first-order valence-corrected chi connectivity index (χ1v) is 7.87. The molecule has 0 saturated heterocycles. The molecule has 2 aromatic rings. The number of fused-ring (bicyclic) bond motifs is 1. The van der Waals surface area contributed by atoms with E-state index < -0.39 is 0 Å². The summed E-state index contributed by atoms with van der Waals surface area (Å²) in [5.41, 5.74) is 3.19. The molecule has 0 unspecified atom stereocenters. The van der Waals surface area contributed by atoms with Crippen molar-refractivity contribution in [3.05, 3.63) is 23.0 Å².